The highest BCUT2D eigenvalue weighted by atomic mass is 32.1. The molecule has 0 saturated heterocycles. The number of aliphatic hydroxyl groups is 1. The Labute approximate surface area is 124 Å². The Bertz CT molecular complexity index is 465. The van der Waals surface area contributed by atoms with Crippen LogP contribution in [-0.4, -0.2) is 47.7 Å². The molecule has 1 unspecified atom stereocenters. The van der Waals surface area contributed by atoms with E-state index in [4.69, 9.17) is 4.74 Å². The number of ether oxygens (including phenoxy) is 1. The standard InChI is InChI=1S/C14H24N2O3S/c1-9-12(20-11(15-9)8-19-6)13(18)16(5)10(7-17)14(2,3)4/h10,17H,7-8H2,1-6H3. The van der Waals surface area contributed by atoms with E-state index in [9.17, 15) is 9.90 Å². The molecule has 0 aliphatic rings. The maximum atomic E-state index is 12.6. The molecule has 1 heterocycles. The number of thiazole rings is 1. The van der Waals surface area contributed by atoms with Crippen molar-refractivity contribution < 1.29 is 14.6 Å². The van der Waals surface area contributed by atoms with Crippen molar-refractivity contribution in [2.45, 2.75) is 40.3 Å². The first-order chi connectivity index (χ1) is 9.22. The number of nitrogens with zero attached hydrogens (tertiary/aromatic N) is 2. The highest BCUT2D eigenvalue weighted by Gasteiger charge is 2.32. The van der Waals surface area contributed by atoms with Crippen LogP contribution in [0.5, 0.6) is 0 Å². The molecule has 6 heteroatoms. The van der Waals surface area contributed by atoms with Gasteiger partial charge in [-0.3, -0.25) is 4.79 Å². The third-order valence-corrected chi connectivity index (χ3v) is 4.38. The average Bonchev–Trinajstić information content (AvgIpc) is 2.68. The first-order valence-corrected chi connectivity index (χ1v) is 7.37. The van der Waals surface area contributed by atoms with Gasteiger partial charge in [-0.15, -0.1) is 11.3 Å². The summed E-state index contributed by atoms with van der Waals surface area (Å²) in [5, 5.41) is 10.4. The lowest BCUT2D eigenvalue weighted by Gasteiger charge is -2.36. The normalized spacial score (nSPS) is 13.3. The van der Waals surface area contributed by atoms with Crippen LogP contribution in [-0.2, 0) is 11.3 Å². The molecule has 0 radical (unpaired) electrons. The second-order valence-corrected chi connectivity index (χ2v) is 7.02. The van der Waals surface area contributed by atoms with E-state index < -0.39 is 0 Å². The van der Waals surface area contributed by atoms with Gasteiger partial charge in [0.25, 0.3) is 5.91 Å². The number of aryl methyl sites for hydroxylation is 1. The Balaban J connectivity index is 2.99. The molecular formula is C14H24N2O3S. The van der Waals surface area contributed by atoms with Crippen molar-refractivity contribution >= 4 is 17.2 Å². The van der Waals surface area contributed by atoms with Gasteiger partial charge in [0.05, 0.1) is 24.9 Å². The highest BCUT2D eigenvalue weighted by molar-refractivity contribution is 7.13. The third kappa shape index (κ3) is 3.77. The first kappa shape index (κ1) is 17.1. The Kier molecular flexibility index (Phi) is 5.68. The molecule has 0 saturated carbocycles. The SMILES string of the molecule is COCc1nc(C)c(C(=O)N(C)C(CO)C(C)(C)C)s1. The molecule has 0 aromatic carbocycles. The van der Waals surface area contributed by atoms with Crippen molar-refractivity contribution in [3.05, 3.63) is 15.6 Å². The number of aliphatic hydroxyl groups excluding tert-OH is 1. The Morgan fingerprint density at radius 3 is 2.55 bits per heavy atom. The fourth-order valence-corrected chi connectivity index (χ4v) is 3.13. The quantitative estimate of drug-likeness (QED) is 0.904. The molecule has 1 aromatic rings. The average molecular weight is 300 g/mol. The summed E-state index contributed by atoms with van der Waals surface area (Å²) in [6.07, 6.45) is 0. The van der Waals surface area contributed by atoms with Crippen molar-refractivity contribution in [1.82, 2.24) is 9.88 Å². The van der Waals surface area contributed by atoms with Crippen molar-refractivity contribution in [3.8, 4) is 0 Å². The van der Waals surface area contributed by atoms with Crippen molar-refractivity contribution in [3.63, 3.8) is 0 Å². The third-order valence-electron chi connectivity index (χ3n) is 3.26. The van der Waals surface area contributed by atoms with Gasteiger partial charge in [-0.25, -0.2) is 4.98 Å². The van der Waals surface area contributed by atoms with Crippen LogP contribution < -0.4 is 0 Å². The van der Waals surface area contributed by atoms with Crippen LogP contribution in [0.2, 0.25) is 0 Å². The summed E-state index contributed by atoms with van der Waals surface area (Å²) in [4.78, 5) is 19.1. The molecule has 114 valence electrons. The Hall–Kier alpha value is -0.980. The largest absolute Gasteiger partial charge is 0.394 e. The number of hydrogen-bond donors (Lipinski definition) is 1. The summed E-state index contributed by atoms with van der Waals surface area (Å²) in [7, 11) is 3.33. The maximum absolute atomic E-state index is 12.6. The smallest absolute Gasteiger partial charge is 0.265 e. The monoisotopic (exact) mass is 300 g/mol. The van der Waals surface area contributed by atoms with Gasteiger partial charge in [-0.2, -0.15) is 0 Å². The van der Waals surface area contributed by atoms with E-state index in [1.165, 1.54) is 11.3 Å². The number of methoxy groups -OCH3 is 1. The van der Waals surface area contributed by atoms with E-state index >= 15 is 0 Å². The number of amides is 1. The van der Waals surface area contributed by atoms with Crippen LogP contribution in [0.4, 0.5) is 0 Å². The molecule has 0 aliphatic carbocycles. The summed E-state index contributed by atoms with van der Waals surface area (Å²) in [6, 6.07) is -0.234. The van der Waals surface area contributed by atoms with Crippen LogP contribution in [0, 0.1) is 12.3 Å². The second kappa shape index (κ2) is 6.65. The molecule has 1 N–H and O–H groups in total. The predicted molar refractivity (Wildman–Crippen MR) is 80.0 cm³/mol. The lowest BCUT2D eigenvalue weighted by atomic mass is 9.86. The molecule has 1 rings (SSSR count). The van der Waals surface area contributed by atoms with E-state index in [1.807, 2.05) is 27.7 Å². The van der Waals surface area contributed by atoms with Crippen LogP contribution >= 0.6 is 11.3 Å². The lowest BCUT2D eigenvalue weighted by molar-refractivity contribution is 0.0437. The number of rotatable bonds is 5. The molecule has 0 aliphatic heterocycles. The van der Waals surface area contributed by atoms with Crippen LogP contribution in [0.3, 0.4) is 0 Å². The number of aromatic nitrogens is 1. The van der Waals surface area contributed by atoms with Crippen LogP contribution in [0.25, 0.3) is 0 Å². The van der Waals surface area contributed by atoms with Crippen LogP contribution in [0.15, 0.2) is 0 Å². The zero-order valence-electron chi connectivity index (χ0n) is 13.1. The lowest BCUT2D eigenvalue weighted by Crippen LogP contribution is -2.47. The van der Waals surface area contributed by atoms with Gasteiger partial charge in [0.15, 0.2) is 0 Å². The minimum absolute atomic E-state index is 0.0610. The van der Waals surface area contributed by atoms with Gasteiger partial charge in [0.2, 0.25) is 0 Å². The minimum atomic E-state index is -0.234. The van der Waals surface area contributed by atoms with Crippen molar-refractivity contribution in [2.75, 3.05) is 20.8 Å². The topological polar surface area (TPSA) is 62.7 Å². The van der Waals surface area contributed by atoms with E-state index in [2.05, 4.69) is 4.98 Å². The van der Waals surface area contributed by atoms with Gasteiger partial charge in [0, 0.05) is 14.2 Å². The molecule has 5 nitrogen and oxygen atoms in total. The minimum Gasteiger partial charge on any atom is -0.394 e. The van der Waals surface area contributed by atoms with Crippen molar-refractivity contribution in [1.29, 1.82) is 0 Å². The van der Waals surface area contributed by atoms with Gasteiger partial charge < -0.3 is 14.7 Å². The molecule has 1 amide bonds. The zero-order valence-corrected chi connectivity index (χ0v) is 13.9. The molecule has 1 aromatic heterocycles. The first-order valence-electron chi connectivity index (χ1n) is 6.55. The molecule has 0 bridgehead atoms. The summed E-state index contributed by atoms with van der Waals surface area (Å²) in [5.41, 5.74) is 0.525. The van der Waals surface area contributed by atoms with Gasteiger partial charge in [-0.05, 0) is 12.3 Å². The second-order valence-electron chi connectivity index (χ2n) is 5.94. The van der Waals surface area contributed by atoms with Gasteiger partial charge in [0.1, 0.15) is 9.88 Å². The summed E-state index contributed by atoms with van der Waals surface area (Å²) < 4.78 is 5.04. The van der Waals surface area contributed by atoms with E-state index in [0.29, 0.717) is 17.2 Å². The molecule has 1 atom stereocenters. The van der Waals surface area contributed by atoms with Crippen LogP contribution in [0.1, 0.15) is 41.1 Å². The fraction of sp³-hybridized carbons (Fsp3) is 0.714. The van der Waals surface area contributed by atoms with Gasteiger partial charge in [-0.1, -0.05) is 20.8 Å². The number of hydrogen-bond acceptors (Lipinski definition) is 5. The fourth-order valence-electron chi connectivity index (χ4n) is 2.11. The number of likely N-dealkylation sites (N-methyl/N-ethyl adjacent to an activating group) is 1. The van der Waals surface area contributed by atoms with Gasteiger partial charge >= 0.3 is 0 Å². The summed E-state index contributed by atoms with van der Waals surface area (Å²) in [5.74, 6) is -0.101. The van der Waals surface area contributed by atoms with E-state index in [0.717, 1.165) is 5.01 Å². The molecule has 0 fully saturated rings. The summed E-state index contributed by atoms with van der Waals surface area (Å²) in [6.45, 7) is 8.19. The summed E-state index contributed by atoms with van der Waals surface area (Å²) >= 11 is 1.35. The Morgan fingerprint density at radius 1 is 1.50 bits per heavy atom. The molecule has 20 heavy (non-hydrogen) atoms. The van der Waals surface area contributed by atoms with E-state index in [-0.39, 0.29) is 24.0 Å². The van der Waals surface area contributed by atoms with Crippen molar-refractivity contribution in [2.24, 2.45) is 5.41 Å². The Morgan fingerprint density at radius 2 is 2.10 bits per heavy atom. The van der Waals surface area contributed by atoms with E-state index in [1.54, 1.807) is 19.1 Å². The number of carbonyl (C=O) groups excluding carboxylic acids is 1. The molecular weight excluding hydrogens is 276 g/mol. The highest BCUT2D eigenvalue weighted by Crippen LogP contribution is 2.27. The molecule has 0 spiro atoms. The predicted octanol–water partition coefficient (Wildman–Crippen LogP) is 2.08. The number of carbonyl (C=O) groups is 1. The zero-order chi connectivity index (χ0) is 15.5. The maximum Gasteiger partial charge on any atom is 0.265 e.